The average molecular weight is 242 g/mol. The molecule has 0 saturated heterocycles. The molecule has 0 aromatic heterocycles. The Labute approximate surface area is 96.2 Å². The summed E-state index contributed by atoms with van der Waals surface area (Å²) in [6, 6.07) is 6.16. The van der Waals surface area contributed by atoms with Crippen molar-refractivity contribution in [3.8, 4) is 6.07 Å². The van der Waals surface area contributed by atoms with Crippen molar-refractivity contribution in [2.24, 2.45) is 0 Å². The zero-order valence-corrected chi connectivity index (χ0v) is 8.88. The first kappa shape index (κ1) is 11.6. The highest BCUT2D eigenvalue weighted by molar-refractivity contribution is 6.34. The number of carboxylic acids is 1. The second-order valence-corrected chi connectivity index (χ2v) is 3.48. The molecule has 0 saturated carbocycles. The van der Waals surface area contributed by atoms with Crippen LogP contribution in [-0.2, 0) is 4.79 Å². The van der Waals surface area contributed by atoms with Gasteiger partial charge in [-0.1, -0.05) is 23.2 Å². The summed E-state index contributed by atoms with van der Waals surface area (Å²) in [7, 11) is 0. The van der Waals surface area contributed by atoms with Gasteiger partial charge in [-0.3, -0.25) is 0 Å². The lowest BCUT2D eigenvalue weighted by atomic mass is 10.1. The first-order valence-corrected chi connectivity index (χ1v) is 4.60. The molecule has 1 rings (SSSR count). The van der Waals surface area contributed by atoms with Crippen molar-refractivity contribution in [3.63, 3.8) is 0 Å². The molecule has 1 aromatic rings. The van der Waals surface area contributed by atoms with Gasteiger partial charge >= 0.3 is 5.97 Å². The zero-order valence-electron chi connectivity index (χ0n) is 7.37. The van der Waals surface area contributed by atoms with Crippen LogP contribution in [0.25, 0.3) is 6.08 Å². The lowest BCUT2D eigenvalue weighted by Crippen LogP contribution is -1.97. The van der Waals surface area contributed by atoms with E-state index >= 15 is 0 Å². The monoisotopic (exact) mass is 241 g/mol. The molecule has 0 radical (unpaired) electrons. The largest absolute Gasteiger partial charge is 0.477 e. The van der Waals surface area contributed by atoms with Crippen molar-refractivity contribution in [1.29, 1.82) is 5.26 Å². The SMILES string of the molecule is N#C/C(=C\c1cc(Cl)ccc1Cl)C(=O)O. The molecular formula is C10H5Cl2NO2. The van der Waals surface area contributed by atoms with Gasteiger partial charge in [0.05, 0.1) is 0 Å². The van der Waals surface area contributed by atoms with E-state index in [9.17, 15) is 4.79 Å². The molecular weight excluding hydrogens is 237 g/mol. The van der Waals surface area contributed by atoms with Crippen molar-refractivity contribution in [2.45, 2.75) is 0 Å². The van der Waals surface area contributed by atoms with Crippen LogP contribution in [0.5, 0.6) is 0 Å². The van der Waals surface area contributed by atoms with Crippen LogP contribution in [0.1, 0.15) is 5.56 Å². The Morgan fingerprint density at radius 3 is 2.67 bits per heavy atom. The summed E-state index contributed by atoms with van der Waals surface area (Å²) in [5.74, 6) is -1.30. The fraction of sp³-hybridized carbons (Fsp3) is 0. The molecule has 1 N–H and O–H groups in total. The molecule has 1 aromatic carbocycles. The number of carboxylic acid groups (broad SMARTS) is 1. The van der Waals surface area contributed by atoms with Gasteiger partial charge < -0.3 is 5.11 Å². The lowest BCUT2D eigenvalue weighted by Gasteiger charge is -1.99. The Morgan fingerprint density at radius 2 is 2.13 bits per heavy atom. The number of carbonyl (C=O) groups is 1. The third-order valence-electron chi connectivity index (χ3n) is 1.61. The van der Waals surface area contributed by atoms with Crippen molar-refractivity contribution in [2.75, 3.05) is 0 Å². The number of nitrogens with zero attached hydrogens (tertiary/aromatic N) is 1. The fourth-order valence-corrected chi connectivity index (χ4v) is 1.28. The van der Waals surface area contributed by atoms with Crippen LogP contribution < -0.4 is 0 Å². The topological polar surface area (TPSA) is 61.1 Å². The minimum atomic E-state index is -1.30. The Morgan fingerprint density at radius 1 is 1.47 bits per heavy atom. The van der Waals surface area contributed by atoms with Gasteiger partial charge in [0.1, 0.15) is 11.6 Å². The molecule has 0 bridgehead atoms. The van der Waals surface area contributed by atoms with E-state index in [-0.39, 0.29) is 5.57 Å². The second-order valence-electron chi connectivity index (χ2n) is 2.64. The summed E-state index contributed by atoms with van der Waals surface area (Å²) in [4.78, 5) is 10.6. The summed E-state index contributed by atoms with van der Waals surface area (Å²) in [5.41, 5.74) is 0.0160. The van der Waals surface area contributed by atoms with Gasteiger partial charge in [-0.25, -0.2) is 4.79 Å². The molecule has 76 valence electrons. The molecule has 0 fully saturated rings. The van der Waals surface area contributed by atoms with E-state index in [1.165, 1.54) is 18.2 Å². The molecule has 0 amide bonds. The van der Waals surface area contributed by atoms with Gasteiger partial charge in [0.25, 0.3) is 0 Å². The smallest absolute Gasteiger partial charge is 0.346 e. The number of benzene rings is 1. The molecule has 0 aliphatic rings. The van der Waals surface area contributed by atoms with Crippen molar-refractivity contribution < 1.29 is 9.90 Å². The minimum absolute atomic E-state index is 0.341. The lowest BCUT2D eigenvalue weighted by molar-refractivity contribution is -0.132. The number of rotatable bonds is 2. The third kappa shape index (κ3) is 2.98. The van der Waals surface area contributed by atoms with Gasteiger partial charge in [-0.15, -0.1) is 0 Å². The summed E-state index contributed by atoms with van der Waals surface area (Å²) < 4.78 is 0. The van der Waals surface area contributed by atoms with E-state index in [1.807, 2.05) is 0 Å². The summed E-state index contributed by atoms with van der Waals surface area (Å²) in [6.07, 6.45) is 1.18. The highest BCUT2D eigenvalue weighted by Crippen LogP contribution is 2.22. The summed E-state index contributed by atoms with van der Waals surface area (Å²) in [6.45, 7) is 0. The average Bonchev–Trinajstić information content (AvgIpc) is 2.18. The third-order valence-corrected chi connectivity index (χ3v) is 2.19. The number of hydrogen-bond donors (Lipinski definition) is 1. The van der Waals surface area contributed by atoms with Crippen LogP contribution in [0, 0.1) is 11.3 Å². The van der Waals surface area contributed by atoms with E-state index in [0.29, 0.717) is 15.6 Å². The van der Waals surface area contributed by atoms with E-state index in [1.54, 1.807) is 12.1 Å². The highest BCUT2D eigenvalue weighted by Gasteiger charge is 2.07. The first-order valence-electron chi connectivity index (χ1n) is 3.84. The van der Waals surface area contributed by atoms with Crippen molar-refractivity contribution in [1.82, 2.24) is 0 Å². The number of aliphatic carboxylic acids is 1. The molecule has 0 unspecified atom stereocenters. The van der Waals surface area contributed by atoms with Crippen molar-refractivity contribution in [3.05, 3.63) is 39.4 Å². The van der Waals surface area contributed by atoms with E-state index in [2.05, 4.69) is 0 Å². The minimum Gasteiger partial charge on any atom is -0.477 e. The molecule has 0 atom stereocenters. The molecule has 0 spiro atoms. The zero-order chi connectivity index (χ0) is 11.4. The van der Waals surface area contributed by atoms with Crippen LogP contribution in [0.2, 0.25) is 10.0 Å². The van der Waals surface area contributed by atoms with Gasteiger partial charge in [0.2, 0.25) is 0 Å². The highest BCUT2D eigenvalue weighted by atomic mass is 35.5. The normalized spacial score (nSPS) is 10.9. The molecule has 5 heteroatoms. The molecule has 0 aliphatic carbocycles. The first-order chi connectivity index (χ1) is 7.04. The Bertz CT molecular complexity index is 475. The summed E-state index contributed by atoms with van der Waals surface area (Å²) >= 11 is 11.5. The van der Waals surface area contributed by atoms with Crippen molar-refractivity contribution >= 4 is 35.2 Å². The van der Waals surface area contributed by atoms with Gasteiger partial charge in [0, 0.05) is 10.0 Å². The quantitative estimate of drug-likeness (QED) is 0.640. The predicted octanol–water partition coefficient (Wildman–Crippen LogP) is 2.98. The van der Waals surface area contributed by atoms with Crippen LogP contribution in [0.4, 0.5) is 0 Å². The van der Waals surface area contributed by atoms with Crippen LogP contribution in [0.15, 0.2) is 23.8 Å². The summed E-state index contributed by atoms with van der Waals surface area (Å²) in [5, 5.41) is 17.9. The maximum atomic E-state index is 10.6. The molecule has 0 heterocycles. The van der Waals surface area contributed by atoms with Gasteiger partial charge in [0.15, 0.2) is 0 Å². The standard InChI is InChI=1S/C10H5Cl2NO2/c11-8-1-2-9(12)6(4-8)3-7(5-13)10(14)15/h1-4H,(H,14,15)/b7-3+. The second kappa shape index (κ2) is 4.83. The van der Waals surface area contributed by atoms with Crippen LogP contribution in [-0.4, -0.2) is 11.1 Å². The van der Waals surface area contributed by atoms with Gasteiger partial charge in [-0.2, -0.15) is 5.26 Å². The predicted molar refractivity (Wildman–Crippen MR) is 57.7 cm³/mol. The Balaban J connectivity index is 3.23. The van der Waals surface area contributed by atoms with E-state index in [0.717, 1.165) is 0 Å². The maximum absolute atomic E-state index is 10.6. The van der Waals surface area contributed by atoms with Gasteiger partial charge in [-0.05, 0) is 29.8 Å². The number of nitriles is 1. The van der Waals surface area contributed by atoms with E-state index in [4.69, 9.17) is 33.6 Å². The van der Waals surface area contributed by atoms with Crippen LogP contribution in [0.3, 0.4) is 0 Å². The van der Waals surface area contributed by atoms with E-state index < -0.39 is 5.97 Å². The molecule has 3 nitrogen and oxygen atoms in total. The molecule has 15 heavy (non-hydrogen) atoms. The Kier molecular flexibility index (Phi) is 3.73. The number of hydrogen-bond acceptors (Lipinski definition) is 2. The fourth-order valence-electron chi connectivity index (χ4n) is 0.923. The maximum Gasteiger partial charge on any atom is 0.346 e. The molecule has 0 aliphatic heterocycles. The Hall–Kier alpha value is -1.50. The number of halogens is 2. The van der Waals surface area contributed by atoms with Crippen LogP contribution >= 0.6 is 23.2 Å².